The van der Waals surface area contributed by atoms with Crippen LogP contribution in [-0.2, 0) is 34.9 Å². The van der Waals surface area contributed by atoms with E-state index < -0.39 is 11.7 Å². The van der Waals surface area contributed by atoms with Gasteiger partial charge in [0.2, 0.25) is 5.91 Å². The molecule has 0 radical (unpaired) electrons. The Kier molecular flexibility index (Phi) is 14.3. The molecule has 1 heterocycles. The highest BCUT2D eigenvalue weighted by Crippen LogP contribution is 2.07. The van der Waals surface area contributed by atoms with E-state index in [1.165, 1.54) is 0 Å². The number of hydrogen-bond acceptors (Lipinski definition) is 11. The standard InChI is InChI=1S/C24H40N6O7/c1-24(2,3)37-23(32)26-9-11-34-13-15-36-17-16-35-14-12-33-10-8-25-21(31)18-19-4-6-20(7-5-19)22-27-29-30-28-22/h4-7,29-30H,8-18H2,1-3H3,(H,25,31)(H,26,32)(H,27,28). The summed E-state index contributed by atoms with van der Waals surface area (Å²) in [5.74, 6) is 0.630. The lowest BCUT2D eigenvalue weighted by Gasteiger charge is -2.19. The highest BCUT2D eigenvalue weighted by atomic mass is 16.6. The molecule has 0 aliphatic carbocycles. The van der Waals surface area contributed by atoms with Gasteiger partial charge in [0.1, 0.15) is 5.60 Å². The van der Waals surface area contributed by atoms with Gasteiger partial charge >= 0.3 is 6.09 Å². The van der Waals surface area contributed by atoms with Crippen molar-refractivity contribution in [1.29, 1.82) is 0 Å². The molecule has 0 saturated carbocycles. The van der Waals surface area contributed by atoms with Gasteiger partial charge in [0.25, 0.3) is 0 Å². The summed E-state index contributed by atoms with van der Waals surface area (Å²) in [7, 11) is 0. The highest BCUT2D eigenvalue weighted by molar-refractivity contribution is 5.98. The summed E-state index contributed by atoms with van der Waals surface area (Å²) in [6, 6.07) is 7.60. The lowest BCUT2D eigenvalue weighted by molar-refractivity contribution is -0.120. The van der Waals surface area contributed by atoms with Gasteiger partial charge in [-0.2, -0.15) is 0 Å². The summed E-state index contributed by atoms with van der Waals surface area (Å²) < 4.78 is 26.8. The van der Waals surface area contributed by atoms with Crippen LogP contribution in [0.15, 0.2) is 29.4 Å². The van der Waals surface area contributed by atoms with Gasteiger partial charge < -0.3 is 34.3 Å². The number of hydrazine groups is 2. The van der Waals surface area contributed by atoms with Crippen LogP contribution in [0.2, 0.25) is 0 Å². The number of rotatable bonds is 18. The first-order valence-corrected chi connectivity index (χ1v) is 12.3. The molecule has 0 bridgehead atoms. The minimum Gasteiger partial charge on any atom is -0.444 e. The zero-order valence-corrected chi connectivity index (χ0v) is 21.9. The molecule has 1 aromatic rings. The van der Waals surface area contributed by atoms with Gasteiger partial charge in [0, 0.05) is 18.7 Å². The number of nitrogens with zero attached hydrogens (tertiary/aromatic N) is 1. The molecule has 13 heteroatoms. The fraction of sp³-hybridized carbons (Fsp3) is 0.625. The molecule has 5 N–H and O–H groups in total. The lowest BCUT2D eigenvalue weighted by atomic mass is 10.1. The summed E-state index contributed by atoms with van der Waals surface area (Å²) in [5, 5.41) is 9.49. The zero-order chi connectivity index (χ0) is 26.8. The first-order valence-electron chi connectivity index (χ1n) is 12.3. The Bertz CT molecular complexity index is 830. The molecule has 1 aliphatic rings. The van der Waals surface area contributed by atoms with Crippen molar-refractivity contribution in [2.24, 2.45) is 5.10 Å². The fourth-order valence-corrected chi connectivity index (χ4v) is 2.93. The normalized spacial score (nSPS) is 12.9. The van der Waals surface area contributed by atoms with Crippen molar-refractivity contribution < 1.29 is 33.3 Å². The Balaban J connectivity index is 1.32. The summed E-state index contributed by atoms with van der Waals surface area (Å²) in [6.45, 7) is 9.70. The van der Waals surface area contributed by atoms with Crippen LogP contribution < -0.4 is 27.1 Å². The van der Waals surface area contributed by atoms with Crippen molar-refractivity contribution in [3.63, 3.8) is 0 Å². The van der Waals surface area contributed by atoms with Gasteiger partial charge in [-0.15, -0.1) is 10.6 Å². The first-order chi connectivity index (χ1) is 17.8. The van der Waals surface area contributed by atoms with E-state index in [-0.39, 0.29) is 5.91 Å². The molecular formula is C24H40N6O7. The molecule has 37 heavy (non-hydrogen) atoms. The van der Waals surface area contributed by atoms with Crippen molar-refractivity contribution in [3.05, 3.63) is 35.4 Å². The second kappa shape index (κ2) is 17.5. The molecule has 13 nitrogen and oxygen atoms in total. The van der Waals surface area contributed by atoms with Crippen LogP contribution in [0.4, 0.5) is 4.79 Å². The van der Waals surface area contributed by atoms with Crippen molar-refractivity contribution in [2.45, 2.75) is 32.8 Å². The van der Waals surface area contributed by atoms with Gasteiger partial charge in [-0.3, -0.25) is 10.2 Å². The Morgan fingerprint density at radius 3 is 1.86 bits per heavy atom. The SMILES string of the molecule is CC(C)(C)OC(=O)NCCOCCOCCOCCOCCNC(=O)Cc1ccc(C2=NNNN2)cc1. The lowest BCUT2D eigenvalue weighted by Crippen LogP contribution is -2.35. The third kappa shape index (κ3) is 15.0. The Labute approximate surface area is 217 Å². The zero-order valence-electron chi connectivity index (χ0n) is 21.9. The smallest absolute Gasteiger partial charge is 0.407 e. The van der Waals surface area contributed by atoms with Crippen molar-refractivity contribution in [3.8, 4) is 0 Å². The Hall–Kier alpha value is -2.97. The van der Waals surface area contributed by atoms with E-state index in [1.54, 1.807) is 0 Å². The Morgan fingerprint density at radius 2 is 1.35 bits per heavy atom. The van der Waals surface area contributed by atoms with Crippen molar-refractivity contribution >= 4 is 17.8 Å². The van der Waals surface area contributed by atoms with Gasteiger partial charge in [-0.25, -0.2) is 10.3 Å². The Morgan fingerprint density at radius 1 is 0.811 bits per heavy atom. The van der Waals surface area contributed by atoms with Crippen LogP contribution in [0.5, 0.6) is 0 Å². The molecule has 0 unspecified atom stereocenters. The number of alkyl carbamates (subject to hydrolysis) is 1. The van der Waals surface area contributed by atoms with Crippen LogP contribution in [0, 0.1) is 0 Å². The predicted molar refractivity (Wildman–Crippen MR) is 137 cm³/mol. The van der Waals surface area contributed by atoms with E-state index >= 15 is 0 Å². The second-order valence-corrected chi connectivity index (χ2v) is 8.92. The molecule has 0 spiro atoms. The summed E-state index contributed by atoms with van der Waals surface area (Å²) in [6.07, 6.45) is -0.158. The van der Waals surface area contributed by atoms with E-state index in [0.29, 0.717) is 78.2 Å². The maximum absolute atomic E-state index is 12.1. The van der Waals surface area contributed by atoms with Crippen LogP contribution in [0.3, 0.4) is 0 Å². The van der Waals surface area contributed by atoms with Gasteiger partial charge in [-0.05, 0) is 26.3 Å². The third-order valence-corrected chi connectivity index (χ3v) is 4.60. The number of carbonyl (C=O) groups is 2. The van der Waals surface area contributed by atoms with Crippen molar-refractivity contribution in [2.75, 3.05) is 65.9 Å². The average molecular weight is 525 g/mol. The summed E-state index contributed by atoms with van der Waals surface area (Å²) in [5.41, 5.74) is 9.48. The van der Waals surface area contributed by atoms with E-state index in [9.17, 15) is 9.59 Å². The molecule has 0 fully saturated rings. The number of amidine groups is 1. The van der Waals surface area contributed by atoms with Gasteiger partial charge in [-0.1, -0.05) is 24.3 Å². The maximum Gasteiger partial charge on any atom is 0.407 e. The van der Waals surface area contributed by atoms with Crippen molar-refractivity contribution in [1.82, 2.24) is 27.1 Å². The van der Waals surface area contributed by atoms with Gasteiger partial charge in [0.05, 0.1) is 59.3 Å². The number of benzene rings is 1. The van der Waals surface area contributed by atoms with Crippen LogP contribution in [0.1, 0.15) is 31.9 Å². The summed E-state index contributed by atoms with van der Waals surface area (Å²) >= 11 is 0. The molecule has 0 saturated heterocycles. The monoisotopic (exact) mass is 524 g/mol. The second-order valence-electron chi connectivity index (χ2n) is 8.92. The topological polar surface area (TPSA) is 153 Å². The van der Waals surface area contributed by atoms with Crippen LogP contribution >= 0.6 is 0 Å². The molecule has 1 aromatic carbocycles. The number of nitrogens with one attached hydrogen (secondary N) is 5. The highest BCUT2D eigenvalue weighted by Gasteiger charge is 2.15. The quantitative estimate of drug-likeness (QED) is 0.169. The maximum atomic E-state index is 12.1. The number of hydrogen-bond donors (Lipinski definition) is 5. The predicted octanol–water partition coefficient (Wildman–Crippen LogP) is 0.210. The minimum atomic E-state index is -0.514. The van der Waals surface area contributed by atoms with E-state index in [0.717, 1.165) is 11.1 Å². The average Bonchev–Trinajstić information content (AvgIpc) is 3.38. The first kappa shape index (κ1) is 30.3. The molecule has 208 valence electrons. The molecule has 0 atom stereocenters. The number of carbonyl (C=O) groups excluding carboxylic acids is 2. The van der Waals surface area contributed by atoms with Gasteiger partial charge in [0.15, 0.2) is 5.84 Å². The number of ether oxygens (including phenoxy) is 5. The minimum absolute atomic E-state index is 0.0623. The molecule has 2 amide bonds. The van der Waals surface area contributed by atoms with Crippen LogP contribution in [0.25, 0.3) is 0 Å². The third-order valence-electron chi connectivity index (χ3n) is 4.60. The summed E-state index contributed by atoms with van der Waals surface area (Å²) in [4.78, 5) is 23.5. The molecule has 1 aliphatic heterocycles. The number of amides is 2. The molecule has 0 aromatic heterocycles. The van der Waals surface area contributed by atoms with E-state index in [1.807, 2.05) is 45.0 Å². The largest absolute Gasteiger partial charge is 0.444 e. The fourth-order valence-electron chi connectivity index (χ4n) is 2.93. The van der Waals surface area contributed by atoms with E-state index in [2.05, 4.69) is 32.2 Å². The molecular weight excluding hydrogens is 484 g/mol. The number of hydrazone groups is 1. The molecule has 2 rings (SSSR count). The van der Waals surface area contributed by atoms with E-state index in [4.69, 9.17) is 23.7 Å². The van der Waals surface area contributed by atoms with Crippen LogP contribution in [-0.4, -0.2) is 89.4 Å².